The van der Waals surface area contributed by atoms with Crippen LogP contribution in [-0.2, 0) is 10.9 Å². The van der Waals surface area contributed by atoms with E-state index in [-0.39, 0.29) is 0 Å². The minimum absolute atomic E-state index is 0.389. The Morgan fingerprint density at radius 3 is 1.12 bits per heavy atom. The summed E-state index contributed by atoms with van der Waals surface area (Å²) < 4.78 is 0. The predicted octanol–water partition coefficient (Wildman–Crippen LogP) is 2.03. The van der Waals surface area contributed by atoms with Gasteiger partial charge in [0.1, 0.15) is 0 Å². The Morgan fingerprint density at radius 1 is 1.12 bits per heavy atom. The Bertz CT molecular complexity index is 24.0. The van der Waals surface area contributed by atoms with Crippen molar-refractivity contribution in [1.82, 2.24) is 0 Å². The third-order valence-corrected chi connectivity index (χ3v) is 0. The van der Waals surface area contributed by atoms with Crippen molar-refractivity contribution in [3.63, 3.8) is 0 Å². The topological polar surface area (TPSA) is 0 Å². The predicted molar refractivity (Wildman–Crippen MR) is 47.9 cm³/mol. The molecule has 0 rings (SSSR count). The molecule has 0 bridgehead atoms. The van der Waals surface area contributed by atoms with Crippen LogP contribution in [0.25, 0.3) is 0 Å². The van der Waals surface area contributed by atoms with Gasteiger partial charge in [0.05, 0.1) is 12.5 Å². The van der Waals surface area contributed by atoms with Gasteiger partial charge in [0, 0.05) is 0 Å². The van der Waals surface area contributed by atoms with Crippen LogP contribution in [0.3, 0.4) is 0 Å². The first-order valence-corrected chi connectivity index (χ1v) is 13.4. The van der Waals surface area contributed by atoms with Gasteiger partial charge in [0.2, 0.25) is 0 Å². The van der Waals surface area contributed by atoms with Crippen LogP contribution < -0.4 is 0 Å². The second kappa shape index (κ2) is 8.15. The molecule has 0 spiro atoms. The molecule has 0 saturated heterocycles. The fourth-order valence-electron chi connectivity index (χ4n) is 0. The van der Waals surface area contributed by atoms with E-state index in [0.717, 1.165) is 0 Å². The van der Waals surface area contributed by atoms with E-state index in [9.17, 15) is 0 Å². The van der Waals surface area contributed by atoms with Crippen LogP contribution in [0.5, 0.6) is 0 Å². The van der Waals surface area contributed by atoms with Crippen molar-refractivity contribution in [3.05, 3.63) is 6.26 Å². The van der Waals surface area contributed by atoms with E-state index in [1.54, 1.807) is 0 Å². The molecule has 2 heteroatoms. The molecule has 0 N–H and O–H groups in total. The maximum absolute atomic E-state index is 3.67. The molecule has 0 aliphatic heterocycles. The van der Waals surface area contributed by atoms with E-state index < -0.39 is 19.8 Å². The summed E-state index contributed by atoms with van der Waals surface area (Å²) in [5, 5.41) is 0. The minimum atomic E-state index is -0.543. The first-order chi connectivity index (χ1) is 3.46. The molecule has 0 amide bonds. The molecule has 0 saturated carbocycles. The number of hydrogen-bond donors (Lipinski definition) is 0. The molecular formula is C6H17SSn. The van der Waals surface area contributed by atoms with Crippen molar-refractivity contribution in [1.29, 1.82) is 0 Å². The molecule has 0 aliphatic carbocycles. The maximum atomic E-state index is 3.67. The second-order valence-corrected chi connectivity index (χ2v) is 13.0. The van der Waals surface area contributed by atoms with Crippen LogP contribution in [0.15, 0.2) is 0 Å². The molecule has 0 heterocycles. The Hall–Kier alpha value is 1.15. The molecule has 0 fully saturated rings. The summed E-state index contributed by atoms with van der Waals surface area (Å²) in [5.41, 5.74) is 0. The summed E-state index contributed by atoms with van der Waals surface area (Å²) in [4.78, 5) is 7.09. The molecule has 0 aliphatic rings. The first kappa shape index (κ1) is 11.9. The molecular weight excluding hydrogens is 223 g/mol. The van der Waals surface area contributed by atoms with Crippen LogP contribution in [0.4, 0.5) is 0 Å². The fraction of sp³-hybridized carbons (Fsp3) is 0.833. The summed E-state index contributed by atoms with van der Waals surface area (Å²) in [5.74, 6) is 0. The van der Waals surface area contributed by atoms with Crippen LogP contribution >= 0.6 is 0 Å². The Balaban J connectivity index is 0. The molecule has 0 nitrogen and oxygen atoms in total. The van der Waals surface area contributed by atoms with Gasteiger partial charge in [-0.3, -0.25) is 0 Å². The Labute approximate surface area is 64.1 Å². The summed E-state index contributed by atoms with van der Waals surface area (Å²) in [6.07, 6.45) is 7.83. The van der Waals surface area contributed by atoms with Crippen LogP contribution in [0, 0.1) is 6.26 Å². The summed E-state index contributed by atoms with van der Waals surface area (Å²) in [6, 6.07) is 0. The summed E-state index contributed by atoms with van der Waals surface area (Å²) >= 11 is -0.543. The molecule has 8 heavy (non-hydrogen) atoms. The summed E-state index contributed by atoms with van der Waals surface area (Å²) in [6.45, 7) is 0. The van der Waals surface area contributed by atoms with Gasteiger partial charge in [-0.1, -0.05) is 0 Å². The van der Waals surface area contributed by atoms with E-state index in [1.807, 2.05) is 0 Å². The van der Waals surface area contributed by atoms with Crippen molar-refractivity contribution >= 4 is 30.7 Å². The first-order valence-electron chi connectivity index (χ1n) is 2.61. The standard InChI is InChI=1S/C3H8S.3CH3.Sn/c1-4(2)3;;;;/h1H2,2-3H3;3*1H3;. The summed E-state index contributed by atoms with van der Waals surface area (Å²) in [7, 11) is 0.389. The quantitative estimate of drug-likeness (QED) is 0.345. The molecule has 0 atom stereocenters. The molecule has 0 aromatic carbocycles. The van der Waals surface area contributed by atoms with Gasteiger partial charge < -0.3 is 0 Å². The molecule has 0 aromatic rings. The van der Waals surface area contributed by atoms with Crippen LogP contribution in [-0.4, -0.2) is 32.3 Å². The normalized spacial score (nSPS) is 9.00. The van der Waals surface area contributed by atoms with Crippen molar-refractivity contribution in [2.75, 3.05) is 12.5 Å². The Morgan fingerprint density at radius 2 is 1.12 bits per heavy atom. The molecule has 0 aromatic heterocycles. The zero-order chi connectivity index (χ0) is 7.15. The zero-order valence-electron chi connectivity index (χ0n) is 6.62. The van der Waals surface area contributed by atoms with Gasteiger partial charge in [0.15, 0.2) is 0 Å². The van der Waals surface area contributed by atoms with Gasteiger partial charge in [0.25, 0.3) is 0 Å². The van der Waals surface area contributed by atoms with E-state index in [0.29, 0.717) is 10.9 Å². The van der Waals surface area contributed by atoms with Gasteiger partial charge in [-0.2, -0.15) is 10.9 Å². The van der Waals surface area contributed by atoms with Crippen molar-refractivity contribution in [2.24, 2.45) is 0 Å². The average molecular weight is 240 g/mol. The van der Waals surface area contributed by atoms with Gasteiger partial charge in [-0.25, -0.2) is 0 Å². The van der Waals surface area contributed by atoms with E-state index >= 15 is 0 Å². The molecule has 0 unspecified atom stereocenters. The third kappa shape index (κ3) is 205. The Kier molecular flexibility index (Phi) is 12.1. The van der Waals surface area contributed by atoms with Crippen molar-refractivity contribution < 1.29 is 0 Å². The van der Waals surface area contributed by atoms with Crippen molar-refractivity contribution in [2.45, 2.75) is 14.8 Å². The zero-order valence-corrected chi connectivity index (χ0v) is 10.3. The second-order valence-electron chi connectivity index (χ2n) is 2.49. The van der Waals surface area contributed by atoms with Crippen molar-refractivity contribution in [3.8, 4) is 0 Å². The fourth-order valence-corrected chi connectivity index (χ4v) is 0. The van der Waals surface area contributed by atoms with E-state index in [1.165, 1.54) is 0 Å². The van der Waals surface area contributed by atoms with Gasteiger partial charge in [-0.05, 0) is 0 Å². The van der Waals surface area contributed by atoms with Gasteiger partial charge >= 0.3 is 34.6 Å². The SMILES string of the molecule is [CH2-][S+](C)C.[CH3][Sn]([CH3])[CH3]. The van der Waals surface area contributed by atoms with Gasteiger partial charge in [-0.15, -0.1) is 6.26 Å². The molecule has 1 radical (unpaired) electrons. The third-order valence-electron chi connectivity index (χ3n) is 0. The monoisotopic (exact) mass is 241 g/mol. The average Bonchev–Trinajstić information content (AvgIpc) is 1.25. The van der Waals surface area contributed by atoms with E-state index in [2.05, 4.69) is 33.6 Å². The number of rotatable bonds is 0. The van der Waals surface area contributed by atoms with E-state index in [4.69, 9.17) is 0 Å². The number of hydrogen-bond acceptors (Lipinski definition) is 0. The van der Waals surface area contributed by atoms with Crippen LogP contribution in [0.1, 0.15) is 0 Å². The van der Waals surface area contributed by atoms with Crippen LogP contribution in [0.2, 0.25) is 14.8 Å². The molecule has 51 valence electrons.